The summed E-state index contributed by atoms with van der Waals surface area (Å²) in [6.07, 6.45) is 41.6. The Morgan fingerprint density at radius 3 is 0.618 bits per heavy atom. The van der Waals surface area contributed by atoms with E-state index in [-0.39, 0.29) is 0 Å². The first-order chi connectivity index (χ1) is 16.9. The molecule has 0 aromatic rings. The van der Waals surface area contributed by atoms with Crippen molar-refractivity contribution in [2.75, 3.05) is 13.2 Å². The third-order valence-corrected chi connectivity index (χ3v) is 7.53. The van der Waals surface area contributed by atoms with Gasteiger partial charge in [-0.25, -0.2) is 0 Å². The number of hydrogen-bond donors (Lipinski definition) is 0. The highest BCUT2D eigenvalue weighted by molar-refractivity contribution is 4.51. The van der Waals surface area contributed by atoms with Crippen molar-refractivity contribution in [1.82, 2.24) is 0 Å². The second kappa shape index (κ2) is 33.0. The average molecular weight is 481 g/mol. The van der Waals surface area contributed by atoms with Gasteiger partial charge in [0.05, 0.1) is 0 Å². The Kier molecular flexibility index (Phi) is 32.9. The molecule has 0 aromatic carbocycles. The van der Waals surface area contributed by atoms with E-state index in [4.69, 9.17) is 4.74 Å². The van der Waals surface area contributed by atoms with Crippen molar-refractivity contribution < 1.29 is 4.74 Å². The molecular weight excluding hydrogens is 412 g/mol. The number of rotatable bonds is 31. The van der Waals surface area contributed by atoms with Crippen LogP contribution >= 0.6 is 0 Å². The van der Waals surface area contributed by atoms with Crippen molar-refractivity contribution in [3.63, 3.8) is 0 Å². The fourth-order valence-electron chi connectivity index (χ4n) is 5.08. The van der Waals surface area contributed by atoms with Crippen molar-refractivity contribution >= 4 is 0 Å². The first kappa shape index (κ1) is 34.0. The lowest BCUT2D eigenvalue weighted by molar-refractivity contribution is 0.125. The number of unbranched alkanes of at least 4 members (excludes halogenated alkanes) is 27. The molecule has 0 amide bonds. The van der Waals surface area contributed by atoms with Crippen molar-refractivity contribution in [3.05, 3.63) is 0 Å². The molecule has 0 spiro atoms. The average Bonchev–Trinajstić information content (AvgIpc) is 2.85. The molecule has 206 valence electrons. The molecule has 0 saturated heterocycles. The van der Waals surface area contributed by atoms with E-state index in [1.165, 1.54) is 186 Å². The van der Waals surface area contributed by atoms with Crippen LogP contribution in [0.15, 0.2) is 0 Å². The maximum Gasteiger partial charge on any atom is 0.0466 e. The van der Waals surface area contributed by atoms with E-state index in [2.05, 4.69) is 13.8 Å². The second-order valence-electron chi connectivity index (χ2n) is 11.2. The Hall–Kier alpha value is -0.0400. The van der Waals surface area contributed by atoms with Crippen LogP contribution in [0.2, 0.25) is 0 Å². The van der Waals surface area contributed by atoms with Crippen LogP contribution in [0.1, 0.15) is 200 Å². The molecule has 34 heavy (non-hydrogen) atoms. The minimum atomic E-state index is 0.997. The molecule has 0 aliphatic rings. The van der Waals surface area contributed by atoms with Gasteiger partial charge in [0.2, 0.25) is 0 Å². The predicted molar refractivity (Wildman–Crippen MR) is 156 cm³/mol. The standard InChI is InChI=1S/C33H68O/c1-3-5-7-9-11-13-15-17-18-19-21-23-25-27-29-31-33-34-32-30-28-26-24-22-20-16-14-12-10-8-6-4-2/h3-33H2,1-2H3. The van der Waals surface area contributed by atoms with Crippen LogP contribution < -0.4 is 0 Å². The summed E-state index contributed by atoms with van der Waals surface area (Å²) in [4.78, 5) is 0. The lowest BCUT2D eigenvalue weighted by Crippen LogP contribution is -1.97. The fraction of sp³-hybridized carbons (Fsp3) is 1.00. The van der Waals surface area contributed by atoms with Gasteiger partial charge < -0.3 is 4.74 Å². The smallest absolute Gasteiger partial charge is 0.0466 e. The monoisotopic (exact) mass is 481 g/mol. The van der Waals surface area contributed by atoms with Crippen LogP contribution in [0.5, 0.6) is 0 Å². The summed E-state index contributed by atoms with van der Waals surface area (Å²) in [5, 5.41) is 0. The van der Waals surface area contributed by atoms with Gasteiger partial charge in [-0.3, -0.25) is 0 Å². The molecule has 0 radical (unpaired) electrons. The molecule has 0 aliphatic heterocycles. The van der Waals surface area contributed by atoms with Crippen LogP contribution in [0.3, 0.4) is 0 Å². The molecule has 0 saturated carbocycles. The molecule has 0 N–H and O–H groups in total. The second-order valence-corrected chi connectivity index (χ2v) is 11.2. The molecule has 0 aromatic heterocycles. The lowest BCUT2D eigenvalue weighted by atomic mass is 10.0. The maximum atomic E-state index is 5.85. The van der Waals surface area contributed by atoms with Crippen LogP contribution in [0.25, 0.3) is 0 Å². The topological polar surface area (TPSA) is 9.23 Å². The SMILES string of the molecule is CCCCCCCCCCCCCCCCCCOCCCCCCCCCCCCCCC. The van der Waals surface area contributed by atoms with Crippen molar-refractivity contribution in [1.29, 1.82) is 0 Å². The van der Waals surface area contributed by atoms with Crippen LogP contribution in [-0.2, 0) is 4.74 Å². The Morgan fingerprint density at radius 2 is 0.412 bits per heavy atom. The Morgan fingerprint density at radius 1 is 0.235 bits per heavy atom. The molecular formula is C33H68O. The highest BCUT2D eigenvalue weighted by Crippen LogP contribution is 2.14. The highest BCUT2D eigenvalue weighted by Gasteiger charge is 1.96. The Balaban J connectivity index is 2.99. The minimum Gasteiger partial charge on any atom is -0.381 e. The van der Waals surface area contributed by atoms with Gasteiger partial charge in [0.15, 0.2) is 0 Å². The summed E-state index contributed by atoms with van der Waals surface area (Å²) in [5.74, 6) is 0. The number of ether oxygens (including phenoxy) is 1. The van der Waals surface area contributed by atoms with Crippen LogP contribution in [0, 0.1) is 0 Å². The summed E-state index contributed by atoms with van der Waals surface area (Å²) in [5.41, 5.74) is 0. The van der Waals surface area contributed by atoms with Gasteiger partial charge >= 0.3 is 0 Å². The van der Waals surface area contributed by atoms with Gasteiger partial charge in [-0.05, 0) is 12.8 Å². The van der Waals surface area contributed by atoms with Crippen molar-refractivity contribution in [2.45, 2.75) is 200 Å². The van der Waals surface area contributed by atoms with E-state index in [0.717, 1.165) is 13.2 Å². The molecule has 1 heteroatoms. The first-order valence-corrected chi connectivity index (χ1v) is 16.5. The molecule has 1 nitrogen and oxygen atoms in total. The van der Waals surface area contributed by atoms with Gasteiger partial charge in [-0.1, -0.05) is 187 Å². The molecule has 0 atom stereocenters. The van der Waals surface area contributed by atoms with E-state index in [0.29, 0.717) is 0 Å². The van der Waals surface area contributed by atoms with Gasteiger partial charge in [0, 0.05) is 13.2 Å². The summed E-state index contributed by atoms with van der Waals surface area (Å²) in [6, 6.07) is 0. The van der Waals surface area contributed by atoms with E-state index in [1.807, 2.05) is 0 Å². The summed E-state index contributed by atoms with van der Waals surface area (Å²) in [6.45, 7) is 6.59. The van der Waals surface area contributed by atoms with Crippen LogP contribution in [-0.4, -0.2) is 13.2 Å². The Labute approximate surface area is 218 Å². The normalized spacial score (nSPS) is 11.5. The maximum absolute atomic E-state index is 5.85. The lowest BCUT2D eigenvalue weighted by Gasteiger charge is -2.05. The predicted octanol–water partition coefficient (Wildman–Crippen LogP) is 12.4. The molecule has 0 aliphatic carbocycles. The third-order valence-electron chi connectivity index (χ3n) is 7.53. The minimum absolute atomic E-state index is 0.997. The molecule has 0 fully saturated rings. The number of hydrogen-bond acceptors (Lipinski definition) is 1. The van der Waals surface area contributed by atoms with Crippen molar-refractivity contribution in [3.8, 4) is 0 Å². The summed E-state index contributed by atoms with van der Waals surface area (Å²) in [7, 11) is 0. The molecule has 0 heterocycles. The quantitative estimate of drug-likeness (QED) is 0.0896. The molecule has 0 rings (SSSR count). The van der Waals surface area contributed by atoms with Gasteiger partial charge in [-0.15, -0.1) is 0 Å². The fourth-order valence-corrected chi connectivity index (χ4v) is 5.08. The van der Waals surface area contributed by atoms with E-state index in [9.17, 15) is 0 Å². The van der Waals surface area contributed by atoms with Gasteiger partial charge in [0.1, 0.15) is 0 Å². The van der Waals surface area contributed by atoms with Gasteiger partial charge in [0.25, 0.3) is 0 Å². The zero-order chi connectivity index (χ0) is 24.6. The first-order valence-electron chi connectivity index (χ1n) is 16.5. The zero-order valence-corrected chi connectivity index (χ0v) is 24.3. The summed E-state index contributed by atoms with van der Waals surface area (Å²) < 4.78 is 5.85. The van der Waals surface area contributed by atoms with Crippen molar-refractivity contribution in [2.24, 2.45) is 0 Å². The summed E-state index contributed by atoms with van der Waals surface area (Å²) >= 11 is 0. The van der Waals surface area contributed by atoms with E-state index < -0.39 is 0 Å². The highest BCUT2D eigenvalue weighted by atomic mass is 16.5. The molecule has 0 bridgehead atoms. The van der Waals surface area contributed by atoms with Crippen LogP contribution in [0.4, 0.5) is 0 Å². The molecule has 0 unspecified atom stereocenters. The zero-order valence-electron chi connectivity index (χ0n) is 24.3. The van der Waals surface area contributed by atoms with E-state index >= 15 is 0 Å². The van der Waals surface area contributed by atoms with E-state index in [1.54, 1.807) is 0 Å². The third kappa shape index (κ3) is 32.0. The largest absolute Gasteiger partial charge is 0.381 e. The van der Waals surface area contributed by atoms with Gasteiger partial charge in [-0.2, -0.15) is 0 Å². The Bertz CT molecular complexity index is 295.